The third-order valence-corrected chi connectivity index (χ3v) is 2.29. The van der Waals surface area contributed by atoms with Gasteiger partial charge >= 0.3 is 0 Å². The normalized spacial score (nSPS) is 21.3. The van der Waals surface area contributed by atoms with Gasteiger partial charge in [-0.25, -0.2) is 0 Å². The molecule has 0 unspecified atom stereocenters. The fourth-order valence-electron chi connectivity index (χ4n) is 1.43. The van der Waals surface area contributed by atoms with Crippen LogP contribution in [0.3, 0.4) is 0 Å². The van der Waals surface area contributed by atoms with Crippen LogP contribution in [0.25, 0.3) is 0 Å². The van der Waals surface area contributed by atoms with Crippen molar-refractivity contribution in [3.05, 3.63) is 0 Å². The number of aliphatic hydroxyl groups excluding tert-OH is 1. The predicted molar refractivity (Wildman–Crippen MR) is 41.9 cm³/mol. The van der Waals surface area contributed by atoms with E-state index >= 15 is 0 Å². The fraction of sp³-hybridized carbons (Fsp3) is 1.00. The van der Waals surface area contributed by atoms with Crippen LogP contribution >= 0.6 is 0 Å². The minimum atomic E-state index is 0. The van der Waals surface area contributed by atoms with Crippen molar-refractivity contribution in [1.29, 1.82) is 0 Å². The molecular weight excluding hydrogens is 215 g/mol. The first kappa shape index (κ1) is 12.0. The van der Waals surface area contributed by atoms with Crippen LogP contribution in [-0.2, 0) is 32.7 Å². The van der Waals surface area contributed by atoms with Gasteiger partial charge in [0.25, 0.3) is 0 Å². The summed E-state index contributed by atoms with van der Waals surface area (Å²) < 4.78 is 0. The predicted octanol–water partition coefficient (Wildman–Crippen LogP) is 0.708. The maximum Gasteiger partial charge on any atom is 0.0558 e. The Bertz CT molecular complexity index is 92.1. The molecule has 3 heteroatoms. The first-order chi connectivity index (χ1) is 4.83. The number of piperidine rings is 1. The molecule has 1 heterocycles. The van der Waals surface area contributed by atoms with Gasteiger partial charge in [-0.1, -0.05) is 6.92 Å². The Labute approximate surface area is 94.2 Å². The third-order valence-electron chi connectivity index (χ3n) is 2.29. The molecule has 63 valence electrons. The molecule has 0 spiro atoms. The summed E-state index contributed by atoms with van der Waals surface area (Å²) in [5.41, 5.74) is 0. The summed E-state index contributed by atoms with van der Waals surface area (Å²) in [5.74, 6) is 0.898. The van der Waals surface area contributed by atoms with Gasteiger partial charge in [-0.15, -0.1) is 0 Å². The second-order valence-corrected chi connectivity index (χ2v) is 3.25. The topological polar surface area (TPSA) is 23.5 Å². The van der Waals surface area contributed by atoms with E-state index < -0.39 is 0 Å². The molecule has 0 aromatic heterocycles. The van der Waals surface area contributed by atoms with Gasteiger partial charge in [-0.2, -0.15) is 0 Å². The van der Waals surface area contributed by atoms with Crippen LogP contribution in [0.5, 0.6) is 0 Å². The van der Waals surface area contributed by atoms with Gasteiger partial charge in [-0.3, -0.25) is 0 Å². The van der Waals surface area contributed by atoms with E-state index in [0.29, 0.717) is 6.61 Å². The van der Waals surface area contributed by atoms with Gasteiger partial charge in [0.05, 0.1) is 6.61 Å². The molecule has 11 heavy (non-hydrogen) atoms. The van der Waals surface area contributed by atoms with Crippen molar-refractivity contribution in [3.63, 3.8) is 0 Å². The Kier molecular flexibility index (Phi) is 7.14. The average Bonchev–Trinajstić information content (AvgIpc) is 1.95. The van der Waals surface area contributed by atoms with Gasteiger partial charge in [0, 0.05) is 39.3 Å². The van der Waals surface area contributed by atoms with Gasteiger partial charge in [0.15, 0.2) is 0 Å². The number of aliphatic hydroxyl groups is 1. The van der Waals surface area contributed by atoms with Crippen molar-refractivity contribution in [2.45, 2.75) is 19.8 Å². The maximum atomic E-state index is 8.64. The molecule has 0 bridgehead atoms. The molecule has 1 N–H and O–H groups in total. The van der Waals surface area contributed by atoms with Crippen molar-refractivity contribution >= 4 is 0 Å². The number of β-amino-alcohol motifs (C(OH)–C–C–N with tert-alkyl or cyclic N) is 1. The molecule has 1 radical (unpaired) electrons. The van der Waals surface area contributed by atoms with E-state index in [9.17, 15) is 0 Å². The van der Waals surface area contributed by atoms with Crippen molar-refractivity contribution in [2.24, 2.45) is 5.92 Å². The summed E-state index contributed by atoms with van der Waals surface area (Å²) >= 11 is 0. The summed E-state index contributed by atoms with van der Waals surface area (Å²) in [6, 6.07) is 0. The van der Waals surface area contributed by atoms with Gasteiger partial charge in [0.2, 0.25) is 0 Å². The second-order valence-electron chi connectivity index (χ2n) is 3.25. The molecule has 0 saturated carbocycles. The smallest absolute Gasteiger partial charge is 0.0558 e. The standard InChI is InChI=1S/C8H17NO.Y/c1-8-2-4-9(5-3-8)6-7-10;/h8,10H,2-7H2,1H3;. The first-order valence-corrected chi connectivity index (χ1v) is 4.16. The Balaban J connectivity index is 0.000001000. The SMILES string of the molecule is CC1CCN(CCO)CC1.[Y]. The van der Waals surface area contributed by atoms with E-state index in [2.05, 4.69) is 11.8 Å². The average molecular weight is 232 g/mol. The Morgan fingerprint density at radius 1 is 1.36 bits per heavy atom. The summed E-state index contributed by atoms with van der Waals surface area (Å²) in [6.45, 7) is 5.85. The van der Waals surface area contributed by atoms with Crippen LogP contribution in [0.4, 0.5) is 0 Å². The van der Waals surface area contributed by atoms with E-state index in [-0.39, 0.29) is 32.7 Å². The summed E-state index contributed by atoms with van der Waals surface area (Å²) in [7, 11) is 0. The van der Waals surface area contributed by atoms with Crippen molar-refractivity contribution in [1.82, 2.24) is 4.90 Å². The summed E-state index contributed by atoms with van der Waals surface area (Å²) in [5, 5.41) is 8.64. The fourth-order valence-corrected chi connectivity index (χ4v) is 1.43. The van der Waals surface area contributed by atoms with Crippen LogP contribution < -0.4 is 0 Å². The van der Waals surface area contributed by atoms with Crippen molar-refractivity contribution < 1.29 is 37.8 Å². The van der Waals surface area contributed by atoms with E-state index in [1.54, 1.807) is 0 Å². The molecule has 1 rings (SSSR count). The van der Waals surface area contributed by atoms with Crippen molar-refractivity contribution in [3.8, 4) is 0 Å². The summed E-state index contributed by atoms with van der Waals surface area (Å²) in [4.78, 5) is 2.33. The van der Waals surface area contributed by atoms with Crippen LogP contribution in [0.2, 0.25) is 0 Å². The first-order valence-electron chi connectivity index (χ1n) is 4.16. The molecule has 0 atom stereocenters. The van der Waals surface area contributed by atoms with Gasteiger partial charge < -0.3 is 10.0 Å². The van der Waals surface area contributed by atoms with Gasteiger partial charge in [0.1, 0.15) is 0 Å². The van der Waals surface area contributed by atoms with Crippen LogP contribution in [0, 0.1) is 5.92 Å². The van der Waals surface area contributed by atoms with Crippen LogP contribution in [-0.4, -0.2) is 36.2 Å². The number of rotatable bonds is 2. The van der Waals surface area contributed by atoms with Gasteiger partial charge in [-0.05, 0) is 31.8 Å². The van der Waals surface area contributed by atoms with E-state index in [0.717, 1.165) is 12.5 Å². The third kappa shape index (κ3) is 4.56. The van der Waals surface area contributed by atoms with E-state index in [1.165, 1.54) is 25.9 Å². The quantitative estimate of drug-likeness (QED) is 0.757. The van der Waals surface area contributed by atoms with Crippen LogP contribution in [0.1, 0.15) is 19.8 Å². The van der Waals surface area contributed by atoms with E-state index in [4.69, 9.17) is 5.11 Å². The summed E-state index contributed by atoms with van der Waals surface area (Å²) in [6.07, 6.45) is 2.61. The molecule has 1 fully saturated rings. The molecule has 0 amide bonds. The molecule has 1 saturated heterocycles. The van der Waals surface area contributed by atoms with E-state index in [1.807, 2.05) is 0 Å². The largest absolute Gasteiger partial charge is 0.395 e. The Hall–Kier alpha value is 1.02. The molecule has 1 aliphatic heterocycles. The second kappa shape index (κ2) is 6.53. The number of hydrogen-bond acceptors (Lipinski definition) is 2. The minimum Gasteiger partial charge on any atom is -0.395 e. The monoisotopic (exact) mass is 232 g/mol. The zero-order chi connectivity index (χ0) is 7.40. The number of nitrogens with zero attached hydrogens (tertiary/aromatic N) is 1. The Morgan fingerprint density at radius 3 is 2.36 bits per heavy atom. The van der Waals surface area contributed by atoms with Crippen molar-refractivity contribution in [2.75, 3.05) is 26.2 Å². The zero-order valence-electron chi connectivity index (χ0n) is 7.29. The molecule has 0 aromatic rings. The zero-order valence-corrected chi connectivity index (χ0v) is 10.1. The molecule has 1 aliphatic rings. The molecule has 0 aliphatic carbocycles. The molecule has 2 nitrogen and oxygen atoms in total. The minimum absolute atomic E-state index is 0. The molecule has 0 aromatic carbocycles. The molecular formula is C8H17NOY. The Morgan fingerprint density at radius 2 is 1.91 bits per heavy atom. The number of hydrogen-bond donors (Lipinski definition) is 1. The number of likely N-dealkylation sites (tertiary alicyclic amines) is 1. The maximum absolute atomic E-state index is 8.64. The van der Waals surface area contributed by atoms with Crippen LogP contribution in [0.15, 0.2) is 0 Å².